The van der Waals surface area contributed by atoms with Crippen LogP contribution in [0.25, 0.3) is 0 Å². The molecule has 0 aliphatic carbocycles. The van der Waals surface area contributed by atoms with Crippen molar-refractivity contribution in [1.29, 1.82) is 0 Å². The van der Waals surface area contributed by atoms with Crippen molar-refractivity contribution in [1.82, 2.24) is 15.5 Å². The average Bonchev–Trinajstić information content (AvgIpc) is 3.69. The number of aliphatic hydroxyl groups excluding tert-OH is 1. The number of methoxy groups -OCH3 is 1. The van der Waals surface area contributed by atoms with E-state index in [0.717, 1.165) is 27.8 Å². The Kier molecular flexibility index (Phi) is 12.2. The smallest absolute Gasteiger partial charge is 0.264 e. The number of fused-ring (bicyclic) bond motifs is 2. The van der Waals surface area contributed by atoms with Gasteiger partial charge in [-0.1, -0.05) is 79.8 Å². The topological polar surface area (TPSA) is 144 Å². The molecule has 0 unspecified atom stereocenters. The van der Waals surface area contributed by atoms with Crippen molar-refractivity contribution >= 4 is 54.0 Å². The zero-order chi connectivity index (χ0) is 42.9. The molecule has 13 nitrogen and oxygen atoms in total. The molecular formula is C47H56N6O7Si. The number of nitrogens with one attached hydrogen (secondary N) is 2. The van der Waals surface area contributed by atoms with Crippen LogP contribution >= 0.6 is 0 Å². The number of hydrogen-bond acceptors (Lipinski definition) is 9. The summed E-state index contributed by atoms with van der Waals surface area (Å²) in [6.45, 7) is 10.1. The molecule has 4 atom stereocenters. The van der Waals surface area contributed by atoms with Gasteiger partial charge in [0, 0.05) is 62.1 Å². The maximum absolute atomic E-state index is 15.6. The van der Waals surface area contributed by atoms with E-state index in [1.165, 1.54) is 0 Å². The first-order valence-electron chi connectivity index (χ1n) is 21.3. The Bertz CT molecular complexity index is 2260. The maximum Gasteiger partial charge on any atom is 0.264 e. The van der Waals surface area contributed by atoms with E-state index in [-0.39, 0.29) is 67.7 Å². The van der Waals surface area contributed by atoms with Crippen LogP contribution in [-0.2, 0) is 42.6 Å². The number of ether oxygens (including phenoxy) is 2. The van der Waals surface area contributed by atoms with Gasteiger partial charge in [0.1, 0.15) is 5.75 Å². The van der Waals surface area contributed by atoms with E-state index in [1.807, 2.05) is 84.9 Å². The fraction of sp³-hybridized carbons (Fsp3) is 0.404. The zero-order valence-electron chi connectivity index (χ0n) is 35.4. The molecule has 4 aliphatic rings. The molecule has 3 fully saturated rings. The maximum atomic E-state index is 15.6. The van der Waals surface area contributed by atoms with E-state index in [9.17, 15) is 19.5 Å². The number of amides is 4. The quantitative estimate of drug-likeness (QED) is 0.172. The van der Waals surface area contributed by atoms with Gasteiger partial charge in [0.15, 0.2) is 5.60 Å². The SMILES string of the molecule is COc1ccc([Si](C)(C)[C@@H]2[C@@H](CC(=O)N(CCO)Cc3ccccc3)O[C@]3(C(=O)N(Cc4ccc(N5CCNCC5=O)cc4)c4ccc(N5CCNCC5=O)cc43)[C@H]2C)cc1. The number of aliphatic hydroxyl groups is 1. The summed E-state index contributed by atoms with van der Waals surface area (Å²) < 4.78 is 12.9. The standard InChI is InChI=1S/C47H56N6O7Si/c1-32-45(61(3,4)38-17-15-37(59-2)16-18-38)41(27-42(55)50(24-25-54)30-33-8-6-5-7-9-33)60-47(32)39-26-36(52-23-21-49-29-44(52)57)14-19-40(39)53(46(47)58)31-34-10-12-35(13-11-34)51-22-20-48-28-43(51)56/h5-19,26,32,41,45,48-49,54H,20-25,27-31H2,1-4H3/t32-,41+,45-,47+/m0/s1. The highest BCUT2D eigenvalue weighted by Crippen LogP contribution is 2.60. The minimum Gasteiger partial charge on any atom is -0.497 e. The molecule has 3 saturated heterocycles. The molecule has 4 heterocycles. The van der Waals surface area contributed by atoms with Gasteiger partial charge in [-0.2, -0.15) is 0 Å². The van der Waals surface area contributed by atoms with Gasteiger partial charge in [-0.05, 0) is 59.1 Å². The Hall–Kier alpha value is -5.38. The van der Waals surface area contributed by atoms with Gasteiger partial charge in [0.05, 0.1) is 59.6 Å². The highest BCUT2D eigenvalue weighted by molar-refractivity contribution is 6.91. The molecular weight excluding hydrogens is 789 g/mol. The number of piperazine rings is 2. The predicted octanol–water partition coefficient (Wildman–Crippen LogP) is 3.74. The molecule has 4 aromatic rings. The third kappa shape index (κ3) is 7.98. The molecule has 0 bridgehead atoms. The monoisotopic (exact) mass is 844 g/mol. The van der Waals surface area contributed by atoms with E-state index < -0.39 is 19.8 Å². The number of anilines is 3. The molecule has 4 amide bonds. The molecule has 8 rings (SSSR count). The minimum absolute atomic E-state index is 0.0129. The molecule has 320 valence electrons. The van der Waals surface area contributed by atoms with Crippen LogP contribution in [0.3, 0.4) is 0 Å². The first-order valence-corrected chi connectivity index (χ1v) is 24.4. The lowest BCUT2D eigenvalue weighted by Gasteiger charge is -2.37. The summed E-state index contributed by atoms with van der Waals surface area (Å²) in [4.78, 5) is 63.1. The van der Waals surface area contributed by atoms with Crippen molar-refractivity contribution in [2.45, 2.75) is 56.8 Å². The number of benzene rings is 4. The average molecular weight is 845 g/mol. The second-order valence-electron chi connectivity index (χ2n) is 17.1. The lowest BCUT2D eigenvalue weighted by Crippen LogP contribution is -2.52. The summed E-state index contributed by atoms with van der Waals surface area (Å²) in [6, 6.07) is 31.4. The Labute approximate surface area is 358 Å². The van der Waals surface area contributed by atoms with Crippen molar-refractivity contribution in [2.24, 2.45) is 5.92 Å². The van der Waals surface area contributed by atoms with Gasteiger partial charge in [0.2, 0.25) is 17.7 Å². The van der Waals surface area contributed by atoms with Crippen molar-refractivity contribution < 1.29 is 33.8 Å². The van der Waals surface area contributed by atoms with Crippen molar-refractivity contribution in [2.75, 3.05) is 74.2 Å². The number of rotatable bonds is 13. The first-order chi connectivity index (χ1) is 29.5. The highest BCUT2D eigenvalue weighted by atomic mass is 28.3. The third-order valence-electron chi connectivity index (χ3n) is 13.2. The van der Waals surface area contributed by atoms with Gasteiger partial charge in [0.25, 0.3) is 5.91 Å². The van der Waals surface area contributed by atoms with Gasteiger partial charge < -0.3 is 44.8 Å². The van der Waals surface area contributed by atoms with Crippen LogP contribution in [0.15, 0.2) is 97.1 Å². The van der Waals surface area contributed by atoms with Crippen LogP contribution in [0.5, 0.6) is 5.75 Å². The summed E-state index contributed by atoms with van der Waals surface area (Å²) in [7, 11) is -0.968. The highest BCUT2D eigenvalue weighted by Gasteiger charge is 2.66. The van der Waals surface area contributed by atoms with Crippen molar-refractivity contribution in [3.05, 3.63) is 114 Å². The molecule has 0 radical (unpaired) electrons. The van der Waals surface area contributed by atoms with E-state index in [1.54, 1.807) is 26.7 Å². The molecule has 4 aliphatic heterocycles. The summed E-state index contributed by atoms with van der Waals surface area (Å²) in [5, 5.41) is 17.5. The number of nitrogens with zero attached hydrogens (tertiary/aromatic N) is 4. The largest absolute Gasteiger partial charge is 0.497 e. The Balaban J connectivity index is 1.20. The van der Waals surface area contributed by atoms with Crippen LogP contribution < -0.4 is 35.3 Å². The third-order valence-corrected chi connectivity index (χ3v) is 17.6. The van der Waals surface area contributed by atoms with Crippen LogP contribution in [0.4, 0.5) is 17.1 Å². The summed E-state index contributed by atoms with van der Waals surface area (Å²) >= 11 is 0. The van der Waals surface area contributed by atoms with E-state index in [4.69, 9.17) is 9.47 Å². The van der Waals surface area contributed by atoms with Gasteiger partial charge in [-0.15, -0.1) is 0 Å². The Morgan fingerprint density at radius 1 is 0.869 bits per heavy atom. The molecule has 3 N–H and O–H groups in total. The Morgan fingerprint density at radius 2 is 1.51 bits per heavy atom. The second kappa shape index (κ2) is 17.5. The van der Waals surface area contributed by atoms with E-state index in [2.05, 4.69) is 42.8 Å². The van der Waals surface area contributed by atoms with E-state index >= 15 is 4.79 Å². The van der Waals surface area contributed by atoms with Crippen LogP contribution in [-0.4, -0.2) is 107 Å². The molecule has 0 aromatic heterocycles. The van der Waals surface area contributed by atoms with Crippen molar-refractivity contribution in [3.63, 3.8) is 0 Å². The van der Waals surface area contributed by atoms with E-state index in [0.29, 0.717) is 56.2 Å². The van der Waals surface area contributed by atoms with Gasteiger partial charge in [-0.25, -0.2) is 0 Å². The lowest BCUT2D eigenvalue weighted by atomic mass is 9.82. The van der Waals surface area contributed by atoms with Gasteiger partial charge >= 0.3 is 0 Å². The molecule has 0 saturated carbocycles. The van der Waals surface area contributed by atoms with Gasteiger partial charge in [-0.3, -0.25) is 19.2 Å². The normalized spacial score (nSPS) is 22.9. The number of carbonyl (C=O) groups excluding carboxylic acids is 4. The minimum atomic E-state index is -2.61. The first kappa shape index (κ1) is 42.3. The molecule has 1 spiro atoms. The second-order valence-corrected chi connectivity index (χ2v) is 21.8. The number of carbonyl (C=O) groups is 4. The van der Waals surface area contributed by atoms with Crippen LogP contribution in [0.1, 0.15) is 30.0 Å². The molecule has 14 heteroatoms. The summed E-state index contributed by atoms with van der Waals surface area (Å²) in [5.41, 5.74) is 3.04. The van der Waals surface area contributed by atoms with Crippen LogP contribution in [0, 0.1) is 5.92 Å². The number of hydrogen-bond donors (Lipinski definition) is 3. The van der Waals surface area contributed by atoms with Crippen LogP contribution in [0.2, 0.25) is 18.6 Å². The summed E-state index contributed by atoms with van der Waals surface area (Å²) in [6.07, 6.45) is -0.638. The predicted molar refractivity (Wildman–Crippen MR) is 238 cm³/mol. The molecule has 61 heavy (non-hydrogen) atoms. The summed E-state index contributed by atoms with van der Waals surface area (Å²) in [5.74, 6) is -0.0638. The fourth-order valence-corrected chi connectivity index (χ4v) is 14.1. The Morgan fingerprint density at radius 3 is 2.13 bits per heavy atom. The lowest BCUT2D eigenvalue weighted by molar-refractivity contribution is -0.150. The van der Waals surface area contributed by atoms with Crippen molar-refractivity contribution in [3.8, 4) is 5.75 Å². The molecule has 4 aromatic carbocycles. The fourth-order valence-electron chi connectivity index (χ4n) is 10.1. The zero-order valence-corrected chi connectivity index (χ0v) is 36.4.